The molecule has 1 heterocycles. The lowest BCUT2D eigenvalue weighted by Gasteiger charge is -2.28. The van der Waals surface area contributed by atoms with Crippen LogP contribution in [0.15, 0.2) is 48.5 Å². The molecule has 3 rings (SSSR count). The van der Waals surface area contributed by atoms with Gasteiger partial charge in [-0.25, -0.2) is 0 Å². The second-order valence-corrected chi connectivity index (χ2v) is 6.21. The number of benzene rings is 2. The molecule has 2 aromatic carbocycles. The van der Waals surface area contributed by atoms with Crippen molar-refractivity contribution in [1.82, 2.24) is 0 Å². The van der Waals surface area contributed by atoms with Crippen LogP contribution in [0, 0.1) is 6.92 Å². The van der Waals surface area contributed by atoms with E-state index in [0.717, 1.165) is 22.5 Å². The highest BCUT2D eigenvalue weighted by atomic mass is 16.2. The average Bonchev–Trinajstić information content (AvgIpc) is 2.61. The van der Waals surface area contributed by atoms with Crippen molar-refractivity contribution >= 4 is 29.3 Å². The Balaban J connectivity index is 1.70. The topological polar surface area (TPSA) is 49.4 Å². The van der Waals surface area contributed by atoms with Crippen molar-refractivity contribution in [2.45, 2.75) is 26.7 Å². The molecule has 0 aromatic heterocycles. The van der Waals surface area contributed by atoms with Gasteiger partial charge in [-0.05, 0) is 55.7 Å². The smallest absolute Gasteiger partial charge is 0.248 e. The average molecular weight is 334 g/mol. The maximum atomic E-state index is 12.1. The number of anilines is 2. The number of rotatable bonds is 4. The summed E-state index contributed by atoms with van der Waals surface area (Å²) in [6.45, 7) is 4.67. The highest BCUT2D eigenvalue weighted by Gasteiger charge is 2.22. The summed E-state index contributed by atoms with van der Waals surface area (Å²) in [5.74, 6) is -0.00687. The zero-order valence-electron chi connectivity index (χ0n) is 14.6. The Labute approximate surface area is 148 Å². The molecular formula is C21H22N2O2. The predicted molar refractivity (Wildman–Crippen MR) is 102 cm³/mol. The number of amides is 2. The van der Waals surface area contributed by atoms with Crippen LogP contribution in [0.25, 0.3) is 6.08 Å². The summed E-state index contributed by atoms with van der Waals surface area (Å²) in [4.78, 5) is 25.9. The number of carbonyl (C=O) groups excluding carboxylic acids is 2. The van der Waals surface area contributed by atoms with Gasteiger partial charge in [-0.2, -0.15) is 0 Å². The van der Waals surface area contributed by atoms with Gasteiger partial charge < -0.3 is 10.2 Å². The van der Waals surface area contributed by atoms with E-state index in [1.54, 1.807) is 11.0 Å². The monoisotopic (exact) mass is 334 g/mol. The predicted octanol–water partition coefficient (Wildman–Crippen LogP) is 3.95. The maximum Gasteiger partial charge on any atom is 0.248 e. The summed E-state index contributed by atoms with van der Waals surface area (Å²) in [7, 11) is 0. The van der Waals surface area contributed by atoms with Gasteiger partial charge in [0.25, 0.3) is 0 Å². The summed E-state index contributed by atoms with van der Waals surface area (Å²) in [6, 6.07) is 13.7. The summed E-state index contributed by atoms with van der Waals surface area (Å²) in [5.41, 5.74) is 4.98. The van der Waals surface area contributed by atoms with Gasteiger partial charge in [0.2, 0.25) is 11.8 Å². The van der Waals surface area contributed by atoms with E-state index in [4.69, 9.17) is 0 Å². The first-order valence-corrected chi connectivity index (χ1v) is 8.56. The molecule has 128 valence electrons. The molecule has 0 bridgehead atoms. The Morgan fingerprint density at radius 3 is 2.64 bits per heavy atom. The van der Waals surface area contributed by atoms with E-state index >= 15 is 0 Å². The van der Waals surface area contributed by atoms with E-state index in [2.05, 4.69) is 5.32 Å². The summed E-state index contributed by atoms with van der Waals surface area (Å²) < 4.78 is 0. The van der Waals surface area contributed by atoms with Crippen molar-refractivity contribution in [3.8, 4) is 0 Å². The van der Waals surface area contributed by atoms with Gasteiger partial charge >= 0.3 is 0 Å². The highest BCUT2D eigenvalue weighted by molar-refractivity contribution is 6.02. The lowest BCUT2D eigenvalue weighted by molar-refractivity contribution is -0.118. The Bertz CT molecular complexity index is 822. The standard InChI is InChI=1S/C21H22N2O2/c1-3-23-19-11-10-18(14-17(19)9-13-21(23)25)22-20(24)12-8-16-6-4-15(2)5-7-16/h4-8,10-12,14H,3,9,13H2,1-2H3,(H,22,24). The number of nitrogens with zero attached hydrogens (tertiary/aromatic N) is 1. The molecule has 2 aromatic rings. The van der Waals surface area contributed by atoms with Crippen molar-refractivity contribution in [3.63, 3.8) is 0 Å². The van der Waals surface area contributed by atoms with Crippen LogP contribution in [-0.2, 0) is 16.0 Å². The van der Waals surface area contributed by atoms with Crippen LogP contribution in [0.2, 0.25) is 0 Å². The molecular weight excluding hydrogens is 312 g/mol. The molecule has 0 saturated carbocycles. The van der Waals surface area contributed by atoms with Gasteiger partial charge in [0.15, 0.2) is 0 Å². The van der Waals surface area contributed by atoms with Gasteiger partial charge in [0, 0.05) is 30.4 Å². The molecule has 25 heavy (non-hydrogen) atoms. The Hall–Kier alpha value is -2.88. The lowest BCUT2D eigenvalue weighted by Crippen LogP contribution is -2.34. The number of fused-ring (bicyclic) bond motifs is 1. The minimum Gasteiger partial charge on any atom is -0.323 e. The highest BCUT2D eigenvalue weighted by Crippen LogP contribution is 2.30. The second kappa shape index (κ2) is 7.34. The number of nitrogens with one attached hydrogen (secondary N) is 1. The zero-order chi connectivity index (χ0) is 17.8. The van der Waals surface area contributed by atoms with Crippen LogP contribution < -0.4 is 10.2 Å². The quantitative estimate of drug-likeness (QED) is 0.861. The van der Waals surface area contributed by atoms with Crippen LogP contribution in [0.4, 0.5) is 11.4 Å². The fourth-order valence-electron chi connectivity index (χ4n) is 3.02. The molecule has 1 aliphatic heterocycles. The van der Waals surface area contributed by atoms with E-state index < -0.39 is 0 Å². The van der Waals surface area contributed by atoms with Gasteiger partial charge in [-0.15, -0.1) is 0 Å². The zero-order valence-corrected chi connectivity index (χ0v) is 14.6. The van der Waals surface area contributed by atoms with Gasteiger partial charge in [-0.1, -0.05) is 29.8 Å². The normalized spacial score (nSPS) is 13.8. The summed E-state index contributed by atoms with van der Waals surface area (Å²) in [5, 5.41) is 2.89. The van der Waals surface area contributed by atoms with Gasteiger partial charge in [0.1, 0.15) is 0 Å². The van der Waals surface area contributed by atoms with Crippen molar-refractivity contribution < 1.29 is 9.59 Å². The molecule has 4 heteroatoms. The minimum atomic E-state index is -0.167. The molecule has 4 nitrogen and oxygen atoms in total. The molecule has 0 radical (unpaired) electrons. The first-order valence-electron chi connectivity index (χ1n) is 8.56. The van der Waals surface area contributed by atoms with Crippen LogP contribution in [0.5, 0.6) is 0 Å². The first-order chi connectivity index (χ1) is 12.1. The molecule has 0 fully saturated rings. The second-order valence-electron chi connectivity index (χ2n) is 6.21. The van der Waals surface area contributed by atoms with E-state index in [0.29, 0.717) is 19.4 Å². The maximum absolute atomic E-state index is 12.1. The van der Waals surface area contributed by atoms with Crippen LogP contribution in [0.1, 0.15) is 30.0 Å². The Morgan fingerprint density at radius 2 is 1.92 bits per heavy atom. The number of hydrogen-bond donors (Lipinski definition) is 1. The molecule has 1 aliphatic rings. The molecule has 0 aliphatic carbocycles. The van der Waals surface area contributed by atoms with Crippen molar-refractivity contribution in [1.29, 1.82) is 0 Å². The van der Waals surface area contributed by atoms with Crippen LogP contribution in [-0.4, -0.2) is 18.4 Å². The fraction of sp³-hybridized carbons (Fsp3) is 0.238. The van der Waals surface area contributed by atoms with Crippen LogP contribution >= 0.6 is 0 Å². The fourth-order valence-corrected chi connectivity index (χ4v) is 3.02. The van der Waals surface area contributed by atoms with E-state index in [9.17, 15) is 9.59 Å². The Morgan fingerprint density at radius 1 is 1.16 bits per heavy atom. The van der Waals surface area contributed by atoms with Crippen LogP contribution in [0.3, 0.4) is 0 Å². The van der Waals surface area contributed by atoms with Gasteiger partial charge in [0.05, 0.1) is 0 Å². The molecule has 0 atom stereocenters. The summed E-state index contributed by atoms with van der Waals surface area (Å²) in [6.07, 6.45) is 4.57. The van der Waals surface area contributed by atoms with Gasteiger partial charge in [-0.3, -0.25) is 9.59 Å². The third-order valence-electron chi connectivity index (χ3n) is 4.37. The van der Waals surface area contributed by atoms with E-state index in [-0.39, 0.29) is 11.8 Å². The van der Waals surface area contributed by atoms with E-state index in [1.165, 1.54) is 11.6 Å². The van der Waals surface area contributed by atoms with Crippen molar-refractivity contribution in [2.24, 2.45) is 0 Å². The third kappa shape index (κ3) is 3.97. The molecule has 1 N–H and O–H groups in total. The van der Waals surface area contributed by atoms with Crippen molar-refractivity contribution in [2.75, 3.05) is 16.8 Å². The molecule has 0 spiro atoms. The number of hydrogen-bond acceptors (Lipinski definition) is 2. The lowest BCUT2D eigenvalue weighted by atomic mass is 10.0. The largest absolute Gasteiger partial charge is 0.323 e. The van der Waals surface area contributed by atoms with E-state index in [1.807, 2.05) is 56.3 Å². The molecule has 0 saturated heterocycles. The Kier molecular flexibility index (Phi) is 4.98. The summed E-state index contributed by atoms with van der Waals surface area (Å²) >= 11 is 0. The molecule has 2 amide bonds. The molecule has 0 unspecified atom stereocenters. The van der Waals surface area contributed by atoms with Crippen molar-refractivity contribution in [3.05, 3.63) is 65.2 Å². The third-order valence-corrected chi connectivity index (χ3v) is 4.37. The number of carbonyl (C=O) groups is 2. The minimum absolute atomic E-state index is 0.160. The number of aryl methyl sites for hydroxylation is 2. The SMILES string of the molecule is CCN1C(=O)CCc2cc(NC(=O)C=Cc3ccc(C)cc3)ccc21. The first kappa shape index (κ1) is 17.0.